The van der Waals surface area contributed by atoms with Gasteiger partial charge >= 0.3 is 0 Å². The van der Waals surface area contributed by atoms with Gasteiger partial charge in [0.2, 0.25) is 0 Å². The first-order valence-electron chi connectivity index (χ1n) is 8.63. The quantitative estimate of drug-likeness (QED) is 0.770. The first-order chi connectivity index (χ1) is 9.76. The predicted molar refractivity (Wildman–Crippen MR) is 83.0 cm³/mol. The van der Waals surface area contributed by atoms with Crippen LogP contribution in [-0.2, 0) is 14.2 Å². The van der Waals surface area contributed by atoms with Gasteiger partial charge in [-0.2, -0.15) is 0 Å². The van der Waals surface area contributed by atoms with E-state index in [9.17, 15) is 0 Å². The SMILES string of the molecule is COC[C@@]1(C)O[C@H]2CC3(C[C@@H](C)[C@@]2(C)O1)C(C)CCC3C. The van der Waals surface area contributed by atoms with Crippen molar-refractivity contribution in [2.75, 3.05) is 13.7 Å². The highest BCUT2D eigenvalue weighted by atomic mass is 16.8. The molecule has 3 rings (SSSR count). The van der Waals surface area contributed by atoms with E-state index in [1.807, 2.05) is 6.92 Å². The summed E-state index contributed by atoms with van der Waals surface area (Å²) in [5, 5.41) is 0. The minimum Gasteiger partial charge on any atom is -0.379 e. The Bertz CT molecular complexity index is 399. The molecular weight excluding hydrogens is 264 g/mol. The molecule has 0 N–H and O–H groups in total. The Balaban J connectivity index is 1.88. The highest BCUT2D eigenvalue weighted by molar-refractivity contribution is 5.10. The van der Waals surface area contributed by atoms with Gasteiger partial charge in [0.1, 0.15) is 6.61 Å². The molecule has 6 atom stereocenters. The number of hydrogen-bond donors (Lipinski definition) is 0. The maximum atomic E-state index is 6.42. The van der Waals surface area contributed by atoms with E-state index in [0.29, 0.717) is 17.9 Å². The first-order valence-corrected chi connectivity index (χ1v) is 8.63. The zero-order valence-electron chi connectivity index (χ0n) is 14.6. The van der Waals surface area contributed by atoms with Crippen molar-refractivity contribution >= 4 is 0 Å². The molecule has 0 aromatic rings. The first kappa shape index (κ1) is 15.8. The Kier molecular flexibility index (Phi) is 3.71. The Morgan fingerprint density at radius 3 is 2.19 bits per heavy atom. The Morgan fingerprint density at radius 1 is 1.00 bits per heavy atom. The highest BCUT2D eigenvalue weighted by Gasteiger charge is 2.63. The zero-order valence-corrected chi connectivity index (χ0v) is 14.6. The molecule has 2 aliphatic carbocycles. The van der Waals surface area contributed by atoms with Crippen molar-refractivity contribution in [1.29, 1.82) is 0 Å². The lowest BCUT2D eigenvalue weighted by Crippen LogP contribution is -2.54. The van der Waals surface area contributed by atoms with Crippen LogP contribution in [0.4, 0.5) is 0 Å². The largest absolute Gasteiger partial charge is 0.379 e. The molecule has 21 heavy (non-hydrogen) atoms. The lowest BCUT2D eigenvalue weighted by Gasteiger charge is -2.51. The smallest absolute Gasteiger partial charge is 0.190 e. The molecule has 0 aromatic heterocycles. The van der Waals surface area contributed by atoms with E-state index < -0.39 is 5.79 Å². The predicted octanol–water partition coefficient (Wildman–Crippen LogP) is 4.01. The fourth-order valence-electron chi connectivity index (χ4n) is 5.53. The fraction of sp³-hybridized carbons (Fsp3) is 1.00. The Morgan fingerprint density at radius 2 is 1.62 bits per heavy atom. The summed E-state index contributed by atoms with van der Waals surface area (Å²) in [7, 11) is 1.72. The maximum absolute atomic E-state index is 6.42. The lowest BCUT2D eigenvalue weighted by atomic mass is 9.56. The van der Waals surface area contributed by atoms with Gasteiger partial charge in [-0.3, -0.25) is 0 Å². The molecule has 1 spiro atoms. The van der Waals surface area contributed by atoms with Gasteiger partial charge in [-0.05, 0) is 62.7 Å². The topological polar surface area (TPSA) is 27.7 Å². The summed E-state index contributed by atoms with van der Waals surface area (Å²) < 4.78 is 18.1. The minimum absolute atomic E-state index is 0.166. The number of ether oxygens (including phenoxy) is 3. The third-order valence-electron chi connectivity index (χ3n) is 7.10. The third kappa shape index (κ3) is 2.19. The van der Waals surface area contributed by atoms with Crippen LogP contribution in [0.5, 0.6) is 0 Å². The summed E-state index contributed by atoms with van der Waals surface area (Å²) in [5.74, 6) is 1.55. The van der Waals surface area contributed by atoms with Gasteiger partial charge in [0.25, 0.3) is 0 Å². The third-order valence-corrected chi connectivity index (χ3v) is 7.10. The van der Waals surface area contributed by atoms with Crippen molar-refractivity contribution in [2.45, 2.75) is 77.8 Å². The van der Waals surface area contributed by atoms with Gasteiger partial charge in [0.15, 0.2) is 5.79 Å². The van der Waals surface area contributed by atoms with Crippen LogP contribution in [0, 0.1) is 23.2 Å². The van der Waals surface area contributed by atoms with Crippen molar-refractivity contribution in [1.82, 2.24) is 0 Å². The van der Waals surface area contributed by atoms with Gasteiger partial charge in [-0.1, -0.05) is 20.8 Å². The van der Waals surface area contributed by atoms with Crippen LogP contribution in [0.1, 0.15) is 60.3 Å². The van der Waals surface area contributed by atoms with Crippen LogP contribution >= 0.6 is 0 Å². The number of rotatable bonds is 2. The molecule has 2 unspecified atom stereocenters. The van der Waals surface area contributed by atoms with E-state index >= 15 is 0 Å². The monoisotopic (exact) mass is 296 g/mol. The molecule has 1 heterocycles. The van der Waals surface area contributed by atoms with Crippen molar-refractivity contribution in [3.8, 4) is 0 Å². The van der Waals surface area contributed by atoms with Crippen LogP contribution in [-0.4, -0.2) is 31.2 Å². The van der Waals surface area contributed by atoms with E-state index in [2.05, 4.69) is 27.7 Å². The Labute approximate surface area is 129 Å². The standard InChI is InChI=1S/C18H32O3/c1-12-7-8-13(2)18(12)9-14(3)17(5)15(10-18)20-16(4,21-17)11-19-6/h12-15H,7-11H2,1-6H3/t12?,13?,14-,15+,16+,17-,18?/m1/s1. The minimum atomic E-state index is -0.584. The summed E-state index contributed by atoms with van der Waals surface area (Å²) in [5.41, 5.74) is 0.284. The average Bonchev–Trinajstić information content (AvgIpc) is 2.80. The van der Waals surface area contributed by atoms with Gasteiger partial charge in [-0.15, -0.1) is 0 Å². The molecule has 0 radical (unpaired) electrons. The lowest BCUT2D eigenvalue weighted by molar-refractivity contribution is -0.206. The van der Waals surface area contributed by atoms with E-state index in [1.54, 1.807) is 7.11 Å². The van der Waals surface area contributed by atoms with Crippen molar-refractivity contribution in [3.63, 3.8) is 0 Å². The van der Waals surface area contributed by atoms with Crippen LogP contribution in [0.15, 0.2) is 0 Å². The number of hydrogen-bond acceptors (Lipinski definition) is 3. The van der Waals surface area contributed by atoms with E-state index in [4.69, 9.17) is 14.2 Å². The summed E-state index contributed by atoms with van der Waals surface area (Å²) in [4.78, 5) is 0. The van der Waals surface area contributed by atoms with Crippen molar-refractivity contribution < 1.29 is 14.2 Å². The van der Waals surface area contributed by atoms with Gasteiger partial charge in [0, 0.05) is 7.11 Å². The van der Waals surface area contributed by atoms with E-state index in [0.717, 1.165) is 18.3 Å². The second-order valence-electron chi connectivity index (χ2n) is 8.38. The molecule has 1 saturated heterocycles. The van der Waals surface area contributed by atoms with Crippen LogP contribution in [0.25, 0.3) is 0 Å². The molecular formula is C18H32O3. The van der Waals surface area contributed by atoms with Gasteiger partial charge < -0.3 is 14.2 Å². The van der Waals surface area contributed by atoms with Gasteiger partial charge in [0.05, 0.1) is 11.7 Å². The molecule has 3 nitrogen and oxygen atoms in total. The van der Waals surface area contributed by atoms with Crippen LogP contribution < -0.4 is 0 Å². The average molecular weight is 296 g/mol. The van der Waals surface area contributed by atoms with Crippen molar-refractivity contribution in [3.05, 3.63) is 0 Å². The second kappa shape index (κ2) is 4.94. The molecule has 3 heteroatoms. The molecule has 3 aliphatic rings. The maximum Gasteiger partial charge on any atom is 0.190 e. The van der Waals surface area contributed by atoms with E-state index in [-0.39, 0.29) is 11.7 Å². The second-order valence-corrected chi connectivity index (χ2v) is 8.38. The van der Waals surface area contributed by atoms with Crippen molar-refractivity contribution in [2.24, 2.45) is 23.2 Å². The number of methoxy groups -OCH3 is 1. The zero-order chi connectivity index (χ0) is 15.5. The molecule has 1 aliphatic heterocycles. The summed E-state index contributed by atoms with van der Waals surface area (Å²) in [6.07, 6.45) is 5.36. The molecule has 0 aromatic carbocycles. The molecule has 0 amide bonds. The molecule has 122 valence electrons. The normalized spacial score (nSPS) is 56.9. The summed E-state index contributed by atoms with van der Waals surface area (Å²) in [6, 6.07) is 0. The number of fused-ring (bicyclic) bond motifs is 1. The van der Waals surface area contributed by atoms with Gasteiger partial charge in [-0.25, -0.2) is 0 Å². The molecule has 0 bridgehead atoms. The fourth-order valence-corrected chi connectivity index (χ4v) is 5.53. The summed E-state index contributed by atoms with van der Waals surface area (Å²) >= 11 is 0. The van der Waals surface area contributed by atoms with E-state index in [1.165, 1.54) is 19.3 Å². The van der Waals surface area contributed by atoms with Crippen LogP contribution in [0.2, 0.25) is 0 Å². The Hall–Kier alpha value is -0.120. The molecule has 2 saturated carbocycles. The highest BCUT2D eigenvalue weighted by Crippen LogP contribution is 2.62. The summed E-state index contributed by atoms with van der Waals surface area (Å²) in [6.45, 7) is 12.0. The molecule has 3 fully saturated rings. The van der Waals surface area contributed by atoms with Crippen LogP contribution in [0.3, 0.4) is 0 Å².